The SMILES string of the molecule is COc1ccc2[o+]c(CC(=O)c3ccccc3)ccc2c1. The summed E-state index contributed by atoms with van der Waals surface area (Å²) in [7, 11) is 1.63. The number of ether oxygens (including phenoxy) is 1. The highest BCUT2D eigenvalue weighted by atomic mass is 16.5. The molecule has 0 saturated heterocycles. The molecule has 0 radical (unpaired) electrons. The van der Waals surface area contributed by atoms with Gasteiger partial charge in [0.1, 0.15) is 12.2 Å². The van der Waals surface area contributed by atoms with Crippen LogP contribution < -0.4 is 4.74 Å². The molecular weight excluding hydrogens is 264 g/mol. The number of carbonyl (C=O) groups excluding carboxylic acids is 1. The fourth-order valence-corrected chi connectivity index (χ4v) is 2.21. The van der Waals surface area contributed by atoms with E-state index in [4.69, 9.17) is 9.15 Å². The summed E-state index contributed by atoms with van der Waals surface area (Å²) in [5.41, 5.74) is 1.44. The van der Waals surface area contributed by atoms with Crippen LogP contribution in [-0.4, -0.2) is 12.9 Å². The van der Waals surface area contributed by atoms with Crippen molar-refractivity contribution in [2.24, 2.45) is 0 Å². The summed E-state index contributed by atoms with van der Waals surface area (Å²) in [6.45, 7) is 0. The van der Waals surface area contributed by atoms with Crippen molar-refractivity contribution in [2.75, 3.05) is 7.11 Å². The highest BCUT2D eigenvalue weighted by Gasteiger charge is 2.17. The van der Waals surface area contributed by atoms with E-state index in [0.29, 0.717) is 11.3 Å². The number of hydrogen-bond acceptors (Lipinski definition) is 2. The van der Waals surface area contributed by atoms with Crippen LogP contribution in [0.4, 0.5) is 0 Å². The van der Waals surface area contributed by atoms with Crippen LogP contribution in [-0.2, 0) is 6.42 Å². The first kappa shape index (κ1) is 13.3. The zero-order valence-electron chi connectivity index (χ0n) is 11.7. The van der Waals surface area contributed by atoms with Gasteiger partial charge in [0, 0.05) is 17.7 Å². The Kier molecular flexibility index (Phi) is 3.65. The summed E-state index contributed by atoms with van der Waals surface area (Å²) in [5.74, 6) is 1.49. The highest BCUT2D eigenvalue weighted by Crippen LogP contribution is 2.22. The Morgan fingerprint density at radius 2 is 1.86 bits per heavy atom. The zero-order chi connectivity index (χ0) is 14.7. The Morgan fingerprint density at radius 3 is 2.62 bits per heavy atom. The molecule has 3 aromatic rings. The topological polar surface area (TPSA) is 37.6 Å². The van der Waals surface area contributed by atoms with E-state index < -0.39 is 0 Å². The normalized spacial score (nSPS) is 10.5. The molecule has 21 heavy (non-hydrogen) atoms. The maximum Gasteiger partial charge on any atom is 0.360 e. The minimum atomic E-state index is 0.0483. The number of methoxy groups -OCH3 is 1. The van der Waals surface area contributed by atoms with Gasteiger partial charge in [0.25, 0.3) is 0 Å². The number of fused-ring (bicyclic) bond motifs is 1. The Hall–Kier alpha value is -2.68. The summed E-state index contributed by atoms with van der Waals surface area (Å²) in [6, 6.07) is 18.6. The van der Waals surface area contributed by atoms with Gasteiger partial charge in [-0.2, -0.15) is 0 Å². The van der Waals surface area contributed by atoms with Gasteiger partial charge in [-0.3, -0.25) is 4.79 Å². The molecule has 1 heterocycles. The minimum Gasteiger partial charge on any atom is -0.497 e. The zero-order valence-corrected chi connectivity index (χ0v) is 11.7. The molecule has 0 aliphatic heterocycles. The summed E-state index contributed by atoms with van der Waals surface area (Å²) in [6.07, 6.45) is 0.256. The molecule has 0 aliphatic rings. The average molecular weight is 279 g/mol. The van der Waals surface area contributed by atoms with Gasteiger partial charge in [-0.05, 0) is 18.2 Å². The highest BCUT2D eigenvalue weighted by molar-refractivity contribution is 5.97. The van der Waals surface area contributed by atoms with Gasteiger partial charge in [0.15, 0.2) is 5.78 Å². The van der Waals surface area contributed by atoms with Crippen molar-refractivity contribution in [2.45, 2.75) is 6.42 Å². The molecule has 0 fully saturated rings. The van der Waals surface area contributed by atoms with Crippen molar-refractivity contribution in [3.63, 3.8) is 0 Å². The number of rotatable bonds is 4. The van der Waals surface area contributed by atoms with E-state index in [9.17, 15) is 4.79 Å². The molecule has 0 bridgehead atoms. The molecule has 3 rings (SSSR count). The molecule has 3 heteroatoms. The third-order valence-corrected chi connectivity index (χ3v) is 3.34. The van der Waals surface area contributed by atoms with Crippen LogP contribution in [0.3, 0.4) is 0 Å². The third kappa shape index (κ3) is 2.92. The van der Waals surface area contributed by atoms with Crippen molar-refractivity contribution in [3.8, 4) is 5.75 Å². The Morgan fingerprint density at radius 1 is 1.05 bits per heavy atom. The molecule has 104 valence electrons. The Balaban J connectivity index is 1.86. The molecule has 0 spiro atoms. The van der Waals surface area contributed by atoms with Crippen molar-refractivity contribution in [3.05, 3.63) is 72.0 Å². The predicted molar refractivity (Wildman–Crippen MR) is 81.6 cm³/mol. The molecule has 0 amide bonds. The third-order valence-electron chi connectivity index (χ3n) is 3.34. The molecule has 0 N–H and O–H groups in total. The molecule has 1 aromatic heterocycles. The van der Waals surface area contributed by atoms with Crippen LogP contribution in [0.2, 0.25) is 0 Å². The fraction of sp³-hybridized carbons (Fsp3) is 0.111. The maximum absolute atomic E-state index is 12.2. The van der Waals surface area contributed by atoms with Crippen LogP contribution in [0.5, 0.6) is 5.75 Å². The smallest absolute Gasteiger partial charge is 0.360 e. The van der Waals surface area contributed by atoms with Gasteiger partial charge in [-0.15, -0.1) is 0 Å². The van der Waals surface area contributed by atoms with Crippen LogP contribution in [0.15, 0.2) is 65.1 Å². The maximum atomic E-state index is 12.2. The van der Waals surface area contributed by atoms with Crippen molar-refractivity contribution in [1.82, 2.24) is 0 Å². The standard InChI is InChI=1S/C18H15O3/c1-20-15-9-10-18-14(11-15)7-8-16(21-18)12-17(19)13-5-3-2-4-6-13/h2-11H,12H2,1H3/q+1. The summed E-state index contributed by atoms with van der Waals surface area (Å²) in [5, 5.41) is 0.949. The van der Waals surface area contributed by atoms with Crippen LogP contribution in [0.25, 0.3) is 11.0 Å². The van der Waals surface area contributed by atoms with Gasteiger partial charge in [0.2, 0.25) is 0 Å². The first-order valence-electron chi connectivity index (χ1n) is 6.74. The number of Topliss-reactive ketones (excluding diaryl/α,β-unsaturated/α-hetero) is 1. The molecular formula is C18H15O3+. The number of ketones is 1. The van der Waals surface area contributed by atoms with E-state index in [-0.39, 0.29) is 12.2 Å². The lowest BCUT2D eigenvalue weighted by molar-refractivity contribution is 0.0987. The van der Waals surface area contributed by atoms with Gasteiger partial charge in [-0.25, -0.2) is 4.42 Å². The second kappa shape index (κ2) is 5.75. The Bertz CT molecular complexity index is 779. The second-order valence-electron chi connectivity index (χ2n) is 4.77. The van der Waals surface area contributed by atoms with E-state index in [0.717, 1.165) is 16.7 Å². The van der Waals surface area contributed by atoms with Gasteiger partial charge < -0.3 is 4.74 Å². The van der Waals surface area contributed by atoms with Crippen LogP contribution in [0.1, 0.15) is 16.1 Å². The average Bonchev–Trinajstić information content (AvgIpc) is 2.55. The Labute approximate surface area is 122 Å². The summed E-state index contributed by atoms with van der Waals surface area (Å²) in [4.78, 5) is 12.2. The lowest BCUT2D eigenvalue weighted by Gasteiger charge is -1.98. The molecule has 3 nitrogen and oxygen atoms in total. The lowest BCUT2D eigenvalue weighted by atomic mass is 10.1. The summed E-state index contributed by atoms with van der Waals surface area (Å²) >= 11 is 0. The van der Waals surface area contributed by atoms with Crippen molar-refractivity contribution < 1.29 is 13.9 Å². The largest absolute Gasteiger partial charge is 0.497 e. The minimum absolute atomic E-state index is 0.0483. The molecule has 0 atom stereocenters. The van der Waals surface area contributed by atoms with E-state index in [1.807, 2.05) is 60.7 Å². The second-order valence-corrected chi connectivity index (χ2v) is 4.77. The van der Waals surface area contributed by atoms with E-state index in [1.54, 1.807) is 7.11 Å². The van der Waals surface area contributed by atoms with Crippen LogP contribution in [0, 0.1) is 0 Å². The van der Waals surface area contributed by atoms with Crippen LogP contribution >= 0.6 is 0 Å². The van der Waals surface area contributed by atoms with Gasteiger partial charge >= 0.3 is 11.3 Å². The molecule has 0 saturated carbocycles. The lowest BCUT2D eigenvalue weighted by Crippen LogP contribution is -2.03. The van der Waals surface area contributed by atoms with E-state index in [1.165, 1.54) is 0 Å². The number of benzene rings is 2. The summed E-state index contributed by atoms with van der Waals surface area (Å²) < 4.78 is 11.0. The predicted octanol–water partition coefficient (Wildman–Crippen LogP) is 4.15. The number of hydrogen-bond donors (Lipinski definition) is 0. The van der Waals surface area contributed by atoms with Gasteiger partial charge in [-0.1, -0.05) is 30.3 Å². The quantitative estimate of drug-likeness (QED) is 0.532. The van der Waals surface area contributed by atoms with Gasteiger partial charge in [0.05, 0.1) is 12.5 Å². The molecule has 0 unspecified atom stereocenters. The van der Waals surface area contributed by atoms with Crippen molar-refractivity contribution >= 4 is 16.8 Å². The van der Waals surface area contributed by atoms with E-state index in [2.05, 4.69) is 0 Å². The fourth-order valence-electron chi connectivity index (χ4n) is 2.21. The van der Waals surface area contributed by atoms with E-state index >= 15 is 0 Å². The molecule has 0 aliphatic carbocycles. The first-order chi connectivity index (χ1) is 10.3. The molecule has 2 aromatic carbocycles. The monoisotopic (exact) mass is 279 g/mol. The van der Waals surface area contributed by atoms with Crippen molar-refractivity contribution in [1.29, 1.82) is 0 Å². The number of carbonyl (C=O) groups is 1. The first-order valence-corrected chi connectivity index (χ1v) is 6.74.